The summed E-state index contributed by atoms with van der Waals surface area (Å²) in [5.74, 6) is 0. The molecule has 1 fully saturated rings. The van der Waals surface area contributed by atoms with Gasteiger partial charge < -0.3 is 14.5 Å². The number of nitrogens with one attached hydrogen (secondary N) is 1. The molecule has 1 aliphatic rings. The van der Waals surface area contributed by atoms with Crippen molar-refractivity contribution < 1.29 is 9.15 Å². The lowest BCUT2D eigenvalue weighted by Crippen LogP contribution is -2.48. The molecule has 1 saturated heterocycles. The van der Waals surface area contributed by atoms with Crippen molar-refractivity contribution >= 4 is 0 Å². The Bertz CT molecular complexity index is 345. The molecule has 1 aromatic rings. The molecular formula is C15H25NO2. The molecule has 2 heterocycles. The van der Waals surface area contributed by atoms with E-state index in [4.69, 9.17) is 9.15 Å². The molecule has 0 radical (unpaired) electrons. The van der Waals surface area contributed by atoms with Gasteiger partial charge in [0.2, 0.25) is 0 Å². The van der Waals surface area contributed by atoms with E-state index in [2.05, 4.69) is 32.2 Å². The predicted octanol–water partition coefficient (Wildman–Crippen LogP) is 3.01. The van der Waals surface area contributed by atoms with Crippen molar-refractivity contribution in [1.82, 2.24) is 5.32 Å². The Balaban J connectivity index is 2.02. The van der Waals surface area contributed by atoms with Gasteiger partial charge in [0.1, 0.15) is 0 Å². The first kappa shape index (κ1) is 13.6. The van der Waals surface area contributed by atoms with E-state index >= 15 is 0 Å². The lowest BCUT2D eigenvalue weighted by atomic mass is 9.77. The van der Waals surface area contributed by atoms with Gasteiger partial charge in [0, 0.05) is 24.1 Å². The van der Waals surface area contributed by atoms with Crippen LogP contribution in [0.25, 0.3) is 0 Å². The van der Waals surface area contributed by atoms with Crippen molar-refractivity contribution in [2.75, 3.05) is 19.8 Å². The molecule has 1 N–H and O–H groups in total. The fraction of sp³-hybridized carbons (Fsp3) is 0.733. The Labute approximate surface area is 110 Å². The van der Waals surface area contributed by atoms with E-state index in [1.54, 1.807) is 6.26 Å². The van der Waals surface area contributed by atoms with Crippen LogP contribution in [0.2, 0.25) is 0 Å². The Morgan fingerprint density at radius 1 is 1.39 bits per heavy atom. The molecule has 3 nitrogen and oxygen atoms in total. The van der Waals surface area contributed by atoms with Gasteiger partial charge >= 0.3 is 0 Å². The molecule has 1 aliphatic heterocycles. The first-order chi connectivity index (χ1) is 8.49. The van der Waals surface area contributed by atoms with E-state index in [1.807, 2.05) is 6.26 Å². The molecule has 0 saturated carbocycles. The summed E-state index contributed by atoms with van der Waals surface area (Å²) in [7, 11) is 0. The maximum absolute atomic E-state index is 5.73. The van der Waals surface area contributed by atoms with Crippen LogP contribution in [0.15, 0.2) is 23.0 Å². The fourth-order valence-corrected chi connectivity index (χ4v) is 2.53. The third-order valence-electron chi connectivity index (χ3n) is 3.56. The van der Waals surface area contributed by atoms with Crippen LogP contribution in [0.1, 0.15) is 39.2 Å². The summed E-state index contributed by atoms with van der Waals surface area (Å²) >= 11 is 0. The van der Waals surface area contributed by atoms with Crippen molar-refractivity contribution in [3.63, 3.8) is 0 Å². The van der Waals surface area contributed by atoms with E-state index in [9.17, 15) is 0 Å². The Kier molecular flexibility index (Phi) is 4.13. The lowest BCUT2D eigenvalue weighted by Gasteiger charge is -2.39. The average Bonchev–Trinajstić information content (AvgIpc) is 2.80. The normalized spacial score (nSPS) is 25.3. The van der Waals surface area contributed by atoms with Gasteiger partial charge in [0.05, 0.1) is 19.1 Å². The van der Waals surface area contributed by atoms with Crippen LogP contribution in [-0.4, -0.2) is 25.3 Å². The number of hydrogen-bond acceptors (Lipinski definition) is 3. The number of hydrogen-bond donors (Lipinski definition) is 1. The highest BCUT2D eigenvalue weighted by atomic mass is 16.5. The smallest absolute Gasteiger partial charge is 0.0934 e. The number of rotatable bonds is 4. The van der Waals surface area contributed by atoms with Crippen molar-refractivity contribution in [1.29, 1.82) is 0 Å². The lowest BCUT2D eigenvalue weighted by molar-refractivity contribution is -0.00998. The first-order valence-electron chi connectivity index (χ1n) is 6.83. The summed E-state index contributed by atoms with van der Waals surface area (Å²) in [6, 6.07) is 2.06. The molecule has 3 heteroatoms. The molecule has 1 aromatic heterocycles. The van der Waals surface area contributed by atoms with Gasteiger partial charge in [-0.05, 0) is 51.7 Å². The average molecular weight is 251 g/mol. The van der Waals surface area contributed by atoms with Crippen LogP contribution < -0.4 is 5.32 Å². The first-order valence-corrected chi connectivity index (χ1v) is 6.83. The van der Waals surface area contributed by atoms with Gasteiger partial charge in [-0.2, -0.15) is 0 Å². The van der Waals surface area contributed by atoms with E-state index < -0.39 is 0 Å². The van der Waals surface area contributed by atoms with Crippen LogP contribution in [-0.2, 0) is 11.2 Å². The Morgan fingerprint density at radius 3 is 2.78 bits per heavy atom. The minimum Gasteiger partial charge on any atom is -0.472 e. The minimum atomic E-state index is 0.154. The molecule has 102 valence electrons. The molecule has 2 rings (SSSR count). The van der Waals surface area contributed by atoms with E-state index in [-0.39, 0.29) is 11.0 Å². The quantitative estimate of drug-likeness (QED) is 0.893. The van der Waals surface area contributed by atoms with Gasteiger partial charge in [-0.15, -0.1) is 0 Å². The van der Waals surface area contributed by atoms with Crippen molar-refractivity contribution in [3.05, 3.63) is 24.2 Å². The largest absolute Gasteiger partial charge is 0.472 e. The topological polar surface area (TPSA) is 34.4 Å². The van der Waals surface area contributed by atoms with E-state index in [0.29, 0.717) is 0 Å². The van der Waals surface area contributed by atoms with E-state index in [0.717, 1.165) is 32.6 Å². The number of ether oxygens (including phenoxy) is 1. The Morgan fingerprint density at radius 2 is 2.22 bits per heavy atom. The minimum absolute atomic E-state index is 0.154. The maximum atomic E-state index is 5.73. The second-order valence-electron chi connectivity index (χ2n) is 6.57. The summed E-state index contributed by atoms with van der Waals surface area (Å²) in [5, 5.41) is 3.63. The SMILES string of the molecule is CC(C)(C)NCC1(Cc2ccoc2)CCCOC1. The van der Waals surface area contributed by atoms with Gasteiger partial charge in [-0.3, -0.25) is 0 Å². The second-order valence-corrected chi connectivity index (χ2v) is 6.57. The number of furan rings is 1. The van der Waals surface area contributed by atoms with Crippen molar-refractivity contribution in [2.45, 2.75) is 45.6 Å². The van der Waals surface area contributed by atoms with Crippen molar-refractivity contribution in [2.24, 2.45) is 5.41 Å². The molecular weight excluding hydrogens is 226 g/mol. The third-order valence-corrected chi connectivity index (χ3v) is 3.56. The standard InChI is InChI=1S/C15H25NO2/c1-14(2,3)16-11-15(6-4-7-18-12-15)9-13-5-8-17-10-13/h5,8,10,16H,4,6-7,9,11-12H2,1-3H3. The van der Waals surface area contributed by atoms with Gasteiger partial charge in [-0.25, -0.2) is 0 Å². The zero-order chi connectivity index (χ0) is 13.1. The van der Waals surface area contributed by atoms with Crippen LogP contribution >= 0.6 is 0 Å². The van der Waals surface area contributed by atoms with Crippen LogP contribution in [0, 0.1) is 5.41 Å². The zero-order valence-corrected chi connectivity index (χ0v) is 11.8. The zero-order valence-electron chi connectivity index (χ0n) is 11.8. The third kappa shape index (κ3) is 3.85. The summed E-state index contributed by atoms with van der Waals surface area (Å²) < 4.78 is 10.9. The van der Waals surface area contributed by atoms with Crippen LogP contribution in [0.3, 0.4) is 0 Å². The Hall–Kier alpha value is -0.800. The highest BCUT2D eigenvalue weighted by molar-refractivity contribution is 5.10. The molecule has 1 unspecified atom stereocenters. The maximum Gasteiger partial charge on any atom is 0.0934 e. The molecule has 18 heavy (non-hydrogen) atoms. The van der Waals surface area contributed by atoms with Gasteiger partial charge in [0.25, 0.3) is 0 Å². The van der Waals surface area contributed by atoms with E-state index in [1.165, 1.54) is 12.0 Å². The fourth-order valence-electron chi connectivity index (χ4n) is 2.53. The summed E-state index contributed by atoms with van der Waals surface area (Å²) in [6.45, 7) is 9.39. The molecule has 0 bridgehead atoms. The molecule has 0 amide bonds. The van der Waals surface area contributed by atoms with Crippen molar-refractivity contribution in [3.8, 4) is 0 Å². The highest BCUT2D eigenvalue weighted by Gasteiger charge is 2.34. The molecule has 0 aliphatic carbocycles. The predicted molar refractivity (Wildman–Crippen MR) is 72.7 cm³/mol. The molecule has 0 aromatic carbocycles. The summed E-state index contributed by atoms with van der Waals surface area (Å²) in [5.41, 5.74) is 1.65. The molecule has 0 spiro atoms. The molecule has 1 atom stereocenters. The second kappa shape index (κ2) is 5.45. The summed E-state index contributed by atoms with van der Waals surface area (Å²) in [4.78, 5) is 0. The van der Waals surface area contributed by atoms with Gasteiger partial charge in [-0.1, -0.05) is 0 Å². The van der Waals surface area contributed by atoms with Crippen LogP contribution in [0.5, 0.6) is 0 Å². The highest BCUT2D eigenvalue weighted by Crippen LogP contribution is 2.32. The van der Waals surface area contributed by atoms with Gasteiger partial charge in [0.15, 0.2) is 0 Å². The van der Waals surface area contributed by atoms with Crippen LogP contribution in [0.4, 0.5) is 0 Å². The monoisotopic (exact) mass is 251 g/mol. The summed E-state index contributed by atoms with van der Waals surface area (Å²) in [6.07, 6.45) is 7.02.